The van der Waals surface area contributed by atoms with Gasteiger partial charge in [0.15, 0.2) is 0 Å². The molecular weight excluding hydrogens is 166 g/mol. The van der Waals surface area contributed by atoms with Gasteiger partial charge in [0.25, 0.3) is 0 Å². The van der Waals surface area contributed by atoms with E-state index < -0.39 is 0 Å². The quantitative estimate of drug-likeness (QED) is 0.663. The van der Waals surface area contributed by atoms with E-state index in [2.05, 4.69) is 9.72 Å². The van der Waals surface area contributed by atoms with Crippen LogP contribution in [0.5, 0.6) is 0 Å². The summed E-state index contributed by atoms with van der Waals surface area (Å²) in [6.45, 7) is 1.96. The summed E-state index contributed by atoms with van der Waals surface area (Å²) in [6.07, 6.45) is 2.11. The van der Waals surface area contributed by atoms with Crippen LogP contribution in [0, 0.1) is 0 Å². The molecule has 0 fully saturated rings. The van der Waals surface area contributed by atoms with E-state index in [4.69, 9.17) is 0 Å². The Morgan fingerprint density at radius 2 is 2.38 bits per heavy atom. The Balaban J connectivity index is 2.59. The van der Waals surface area contributed by atoms with E-state index in [0.717, 1.165) is 5.69 Å². The van der Waals surface area contributed by atoms with Gasteiger partial charge in [0.2, 0.25) is 0 Å². The first-order chi connectivity index (χ1) is 6.24. The number of nitrogens with zero attached hydrogens (tertiary/aromatic N) is 1. The third-order valence-electron chi connectivity index (χ3n) is 1.89. The van der Waals surface area contributed by atoms with Crippen molar-refractivity contribution >= 4 is 5.97 Å². The molecule has 0 aliphatic carbocycles. The van der Waals surface area contributed by atoms with Gasteiger partial charge in [-0.25, -0.2) is 0 Å². The second-order valence-corrected chi connectivity index (χ2v) is 2.94. The molecule has 0 bridgehead atoms. The van der Waals surface area contributed by atoms with Gasteiger partial charge in [0, 0.05) is 17.8 Å². The van der Waals surface area contributed by atoms with E-state index in [-0.39, 0.29) is 11.9 Å². The van der Waals surface area contributed by atoms with Gasteiger partial charge in [0.1, 0.15) is 0 Å². The minimum atomic E-state index is -0.196. The lowest BCUT2D eigenvalue weighted by molar-refractivity contribution is -0.141. The van der Waals surface area contributed by atoms with Gasteiger partial charge in [-0.1, -0.05) is 13.0 Å². The van der Waals surface area contributed by atoms with Crippen molar-refractivity contribution in [3.8, 4) is 0 Å². The first kappa shape index (κ1) is 9.71. The van der Waals surface area contributed by atoms with Crippen molar-refractivity contribution in [3.05, 3.63) is 30.1 Å². The molecule has 1 aromatic heterocycles. The van der Waals surface area contributed by atoms with Crippen LogP contribution < -0.4 is 0 Å². The van der Waals surface area contributed by atoms with Gasteiger partial charge in [0.05, 0.1) is 13.5 Å². The number of methoxy groups -OCH3 is 1. The predicted octanol–water partition coefficient (Wildman–Crippen LogP) is 1.75. The van der Waals surface area contributed by atoms with E-state index in [9.17, 15) is 4.79 Å². The van der Waals surface area contributed by atoms with Crippen molar-refractivity contribution in [2.75, 3.05) is 7.11 Å². The average Bonchev–Trinajstić information content (AvgIpc) is 2.19. The maximum absolute atomic E-state index is 10.9. The molecule has 13 heavy (non-hydrogen) atoms. The Bertz CT molecular complexity index is 272. The van der Waals surface area contributed by atoms with Gasteiger partial charge in [-0.05, 0) is 12.1 Å². The highest BCUT2D eigenvalue weighted by Gasteiger charge is 2.11. The molecule has 1 atom stereocenters. The molecule has 3 nitrogen and oxygen atoms in total. The highest BCUT2D eigenvalue weighted by molar-refractivity contribution is 5.70. The molecule has 1 unspecified atom stereocenters. The maximum atomic E-state index is 10.9. The maximum Gasteiger partial charge on any atom is 0.306 e. The Morgan fingerprint density at radius 1 is 1.62 bits per heavy atom. The van der Waals surface area contributed by atoms with Crippen molar-refractivity contribution in [2.24, 2.45) is 0 Å². The van der Waals surface area contributed by atoms with Crippen LogP contribution in [0.15, 0.2) is 24.4 Å². The number of hydrogen-bond acceptors (Lipinski definition) is 3. The first-order valence-electron chi connectivity index (χ1n) is 4.21. The molecule has 1 aromatic rings. The smallest absolute Gasteiger partial charge is 0.306 e. The topological polar surface area (TPSA) is 39.2 Å². The number of hydrogen-bond donors (Lipinski definition) is 0. The molecule has 0 spiro atoms. The molecular formula is C10H13NO2. The second kappa shape index (κ2) is 4.60. The zero-order chi connectivity index (χ0) is 9.68. The van der Waals surface area contributed by atoms with Crippen LogP contribution >= 0.6 is 0 Å². The monoisotopic (exact) mass is 179 g/mol. The van der Waals surface area contributed by atoms with E-state index in [1.807, 2.05) is 25.1 Å². The normalized spacial score (nSPS) is 12.2. The number of rotatable bonds is 3. The van der Waals surface area contributed by atoms with Gasteiger partial charge in [-0.3, -0.25) is 9.78 Å². The number of carbonyl (C=O) groups excluding carboxylic acids is 1. The Kier molecular flexibility index (Phi) is 3.43. The number of carbonyl (C=O) groups is 1. The highest BCUT2D eigenvalue weighted by atomic mass is 16.5. The van der Waals surface area contributed by atoms with Gasteiger partial charge < -0.3 is 4.74 Å². The minimum Gasteiger partial charge on any atom is -0.469 e. The largest absolute Gasteiger partial charge is 0.469 e. The molecule has 1 rings (SSSR count). The van der Waals surface area contributed by atoms with Crippen molar-refractivity contribution in [1.82, 2.24) is 4.98 Å². The summed E-state index contributed by atoms with van der Waals surface area (Å²) in [4.78, 5) is 15.1. The summed E-state index contributed by atoms with van der Waals surface area (Å²) in [7, 11) is 1.40. The van der Waals surface area contributed by atoms with Gasteiger partial charge >= 0.3 is 5.97 Å². The highest BCUT2D eigenvalue weighted by Crippen LogP contribution is 2.15. The van der Waals surface area contributed by atoms with Gasteiger partial charge in [-0.2, -0.15) is 0 Å². The van der Waals surface area contributed by atoms with Crippen molar-refractivity contribution < 1.29 is 9.53 Å². The molecule has 0 radical (unpaired) electrons. The van der Waals surface area contributed by atoms with Crippen LogP contribution in [0.3, 0.4) is 0 Å². The van der Waals surface area contributed by atoms with Gasteiger partial charge in [-0.15, -0.1) is 0 Å². The third kappa shape index (κ3) is 2.86. The summed E-state index contributed by atoms with van der Waals surface area (Å²) in [5.74, 6) is -0.0770. The lowest BCUT2D eigenvalue weighted by Crippen LogP contribution is -2.06. The predicted molar refractivity (Wildman–Crippen MR) is 49.3 cm³/mol. The molecule has 0 saturated carbocycles. The Labute approximate surface area is 77.8 Å². The average molecular weight is 179 g/mol. The van der Waals surface area contributed by atoms with Crippen molar-refractivity contribution in [3.63, 3.8) is 0 Å². The molecule has 70 valence electrons. The summed E-state index contributed by atoms with van der Waals surface area (Å²) in [5, 5.41) is 0. The zero-order valence-corrected chi connectivity index (χ0v) is 7.86. The number of aromatic nitrogens is 1. The number of ether oxygens (including phenoxy) is 1. The van der Waals surface area contributed by atoms with Crippen LogP contribution in [-0.4, -0.2) is 18.1 Å². The molecule has 0 amide bonds. The van der Waals surface area contributed by atoms with Crippen molar-refractivity contribution in [2.45, 2.75) is 19.3 Å². The fraction of sp³-hybridized carbons (Fsp3) is 0.400. The van der Waals surface area contributed by atoms with Crippen LogP contribution in [0.4, 0.5) is 0 Å². The fourth-order valence-electron chi connectivity index (χ4n) is 1.11. The number of esters is 1. The third-order valence-corrected chi connectivity index (χ3v) is 1.89. The molecule has 0 aromatic carbocycles. The number of pyridine rings is 1. The molecule has 0 aliphatic heterocycles. The standard InChI is InChI=1S/C10H13NO2/c1-8(7-10(12)13-2)9-5-3-4-6-11-9/h3-6,8H,7H2,1-2H3. The van der Waals surface area contributed by atoms with Crippen molar-refractivity contribution in [1.29, 1.82) is 0 Å². The Morgan fingerprint density at radius 3 is 2.92 bits per heavy atom. The van der Waals surface area contributed by atoms with Crippen LogP contribution in [0.1, 0.15) is 25.0 Å². The first-order valence-corrected chi connectivity index (χ1v) is 4.21. The molecule has 0 saturated heterocycles. The SMILES string of the molecule is COC(=O)CC(C)c1ccccn1. The summed E-state index contributed by atoms with van der Waals surface area (Å²) in [5.41, 5.74) is 0.924. The lowest BCUT2D eigenvalue weighted by Gasteiger charge is -2.08. The molecule has 1 heterocycles. The summed E-state index contributed by atoms with van der Waals surface area (Å²) < 4.78 is 4.58. The Hall–Kier alpha value is -1.38. The lowest BCUT2D eigenvalue weighted by atomic mass is 10.0. The minimum absolute atomic E-state index is 0.119. The van der Waals surface area contributed by atoms with Crippen LogP contribution in [0.2, 0.25) is 0 Å². The van der Waals surface area contributed by atoms with E-state index in [1.165, 1.54) is 7.11 Å². The summed E-state index contributed by atoms with van der Waals surface area (Å²) in [6, 6.07) is 5.68. The fourth-order valence-corrected chi connectivity index (χ4v) is 1.11. The van der Waals surface area contributed by atoms with E-state index in [0.29, 0.717) is 6.42 Å². The van der Waals surface area contributed by atoms with Crippen LogP contribution in [0.25, 0.3) is 0 Å². The second-order valence-electron chi connectivity index (χ2n) is 2.94. The van der Waals surface area contributed by atoms with Crippen LogP contribution in [-0.2, 0) is 9.53 Å². The molecule has 0 aliphatic rings. The molecule has 0 N–H and O–H groups in total. The van der Waals surface area contributed by atoms with E-state index >= 15 is 0 Å². The molecule has 3 heteroatoms. The zero-order valence-electron chi connectivity index (χ0n) is 7.86. The summed E-state index contributed by atoms with van der Waals surface area (Å²) >= 11 is 0. The van der Waals surface area contributed by atoms with E-state index in [1.54, 1.807) is 6.20 Å².